The number of benzene rings is 1. The fourth-order valence-corrected chi connectivity index (χ4v) is 6.96. The molecule has 3 heterocycles. The van der Waals surface area contributed by atoms with Crippen molar-refractivity contribution in [1.29, 1.82) is 0 Å². The smallest absolute Gasteiger partial charge is 0.435 e. The molecule has 1 unspecified atom stereocenters. The Balaban J connectivity index is 1.28. The van der Waals surface area contributed by atoms with Crippen LogP contribution >= 0.6 is 34.8 Å². The molecule has 2 atom stereocenters. The minimum absolute atomic E-state index is 0.0197. The van der Waals surface area contributed by atoms with Crippen LogP contribution in [0.3, 0.4) is 0 Å². The summed E-state index contributed by atoms with van der Waals surface area (Å²) in [4.78, 5) is 23.9. The van der Waals surface area contributed by atoms with Crippen LogP contribution in [-0.2, 0) is 11.0 Å². The first-order valence-corrected chi connectivity index (χ1v) is 14.5. The van der Waals surface area contributed by atoms with Gasteiger partial charge in [0.25, 0.3) is 0 Å². The quantitative estimate of drug-likeness (QED) is 0.344. The van der Waals surface area contributed by atoms with E-state index in [1.165, 1.54) is 0 Å². The first kappa shape index (κ1) is 29.5. The van der Waals surface area contributed by atoms with E-state index in [1.54, 1.807) is 36.9 Å². The Kier molecular flexibility index (Phi) is 8.11. The van der Waals surface area contributed by atoms with Crippen LogP contribution in [0.2, 0.25) is 15.1 Å². The van der Waals surface area contributed by atoms with Gasteiger partial charge in [0, 0.05) is 35.7 Å². The lowest BCUT2D eigenvalue weighted by Gasteiger charge is -2.52. The van der Waals surface area contributed by atoms with E-state index in [-0.39, 0.29) is 17.8 Å². The normalized spacial score (nSPS) is 26.6. The van der Waals surface area contributed by atoms with Crippen LogP contribution in [0, 0.1) is 17.3 Å². The molecule has 2 N–H and O–H groups in total. The maximum Gasteiger partial charge on any atom is 0.435 e. The second-order valence-electron chi connectivity index (χ2n) is 11.6. The van der Waals surface area contributed by atoms with Gasteiger partial charge in [-0.25, -0.2) is 4.98 Å². The van der Waals surface area contributed by atoms with Crippen LogP contribution in [0.1, 0.15) is 56.8 Å². The van der Waals surface area contributed by atoms with Gasteiger partial charge in [0.05, 0.1) is 11.5 Å². The van der Waals surface area contributed by atoms with Gasteiger partial charge in [0.15, 0.2) is 11.5 Å². The second-order valence-corrected chi connectivity index (χ2v) is 12.8. The zero-order valence-electron chi connectivity index (χ0n) is 22.1. The van der Waals surface area contributed by atoms with Crippen LogP contribution in [-0.4, -0.2) is 58.2 Å². The lowest BCUT2D eigenvalue weighted by Crippen LogP contribution is -2.58. The van der Waals surface area contributed by atoms with Gasteiger partial charge in [-0.15, -0.1) is 0 Å². The van der Waals surface area contributed by atoms with Crippen molar-refractivity contribution in [2.24, 2.45) is 17.3 Å². The number of nitrogens with one attached hydrogen (secondary N) is 1. The van der Waals surface area contributed by atoms with Crippen molar-refractivity contribution in [3.05, 3.63) is 44.5 Å². The first-order chi connectivity index (χ1) is 18.7. The van der Waals surface area contributed by atoms with Crippen molar-refractivity contribution in [3.63, 3.8) is 0 Å². The Hall–Kier alpha value is -2.01. The zero-order chi connectivity index (χ0) is 29.0. The van der Waals surface area contributed by atoms with Crippen LogP contribution in [0.15, 0.2) is 18.2 Å². The number of halogens is 6. The number of rotatable bonds is 7. The fraction of sp³-hybridized carbons (Fsp3) is 0.593. The molecule has 218 valence electrons. The number of aromatic nitrogens is 2. The average molecular weight is 621 g/mol. The molecule has 2 aliphatic heterocycles. The molecule has 0 spiro atoms. The topological polar surface area (TPSA) is 81.6 Å². The average Bonchev–Trinajstić information content (AvgIpc) is 2.82. The predicted molar refractivity (Wildman–Crippen MR) is 149 cm³/mol. The number of aliphatic carboxylic acids is 1. The number of carboxylic acid groups (broad SMARTS) is 1. The van der Waals surface area contributed by atoms with E-state index in [9.17, 15) is 23.1 Å². The van der Waals surface area contributed by atoms with Crippen molar-refractivity contribution >= 4 is 52.5 Å². The van der Waals surface area contributed by atoms with Gasteiger partial charge in [-0.2, -0.15) is 18.2 Å². The van der Waals surface area contributed by atoms with Crippen LogP contribution in [0.25, 0.3) is 0 Å². The van der Waals surface area contributed by atoms with E-state index in [0.717, 1.165) is 25.9 Å². The molecule has 3 fully saturated rings. The van der Waals surface area contributed by atoms with Crippen molar-refractivity contribution in [1.82, 2.24) is 14.9 Å². The van der Waals surface area contributed by atoms with Gasteiger partial charge in [-0.05, 0) is 75.6 Å². The van der Waals surface area contributed by atoms with Gasteiger partial charge in [-0.1, -0.05) is 40.9 Å². The molecule has 0 radical (unpaired) electrons. The Morgan fingerprint density at radius 2 is 1.85 bits per heavy atom. The molecule has 13 heteroatoms. The summed E-state index contributed by atoms with van der Waals surface area (Å²) in [6.45, 7) is 6.47. The van der Waals surface area contributed by atoms with Gasteiger partial charge in [0.2, 0.25) is 5.95 Å². The third-order valence-electron chi connectivity index (χ3n) is 8.64. The molecular formula is C27H31Cl3F3N5O2. The van der Waals surface area contributed by atoms with Crippen molar-refractivity contribution in [2.45, 2.75) is 57.8 Å². The number of carboxylic acids is 1. The van der Waals surface area contributed by atoms with Gasteiger partial charge in [-0.3, -0.25) is 4.79 Å². The summed E-state index contributed by atoms with van der Waals surface area (Å²) < 4.78 is 41.7. The molecular weight excluding hydrogens is 590 g/mol. The number of nitrogens with zero attached hydrogens (tertiary/aromatic N) is 4. The Morgan fingerprint density at radius 1 is 1.15 bits per heavy atom. The summed E-state index contributed by atoms with van der Waals surface area (Å²) in [7, 11) is 0. The fourth-order valence-electron chi connectivity index (χ4n) is 6.14. The summed E-state index contributed by atoms with van der Waals surface area (Å²) in [5, 5.41) is 12.6. The highest BCUT2D eigenvalue weighted by atomic mass is 35.5. The number of alkyl halides is 3. The molecule has 2 aromatic rings. The molecule has 5 rings (SSSR count). The standard InChI is InChI=1S/C27H31Cl3F3N5O2/c1-14(19-6-5-17(28)8-20(19)29)34-23-21(30)22(27(31,32)33)35-25(36-23)38-12-16(13-38)15-4-3-7-37(11-15)18-9-26(2,10-18)24(39)40/h5-6,8,14-16,18H,3-4,7,9-13H2,1-2H3,(H,39,40)(H,34,35,36)/t14-,15?,18?,26?/m1/s1. The second kappa shape index (κ2) is 11.0. The van der Waals surface area contributed by atoms with E-state index >= 15 is 0 Å². The summed E-state index contributed by atoms with van der Waals surface area (Å²) >= 11 is 18.4. The molecule has 40 heavy (non-hydrogen) atoms. The summed E-state index contributed by atoms with van der Waals surface area (Å²) in [5.74, 6) is -0.191. The van der Waals surface area contributed by atoms with E-state index in [1.807, 2.05) is 0 Å². The molecule has 1 aromatic heterocycles. The van der Waals surface area contributed by atoms with Gasteiger partial charge >= 0.3 is 12.1 Å². The number of piperidine rings is 1. The highest BCUT2D eigenvalue weighted by molar-refractivity contribution is 6.35. The molecule has 1 aromatic carbocycles. The molecule has 1 aliphatic carbocycles. The third kappa shape index (κ3) is 5.82. The molecule has 0 bridgehead atoms. The third-order valence-corrected chi connectivity index (χ3v) is 9.56. The highest BCUT2D eigenvalue weighted by Crippen LogP contribution is 2.46. The van der Waals surface area contributed by atoms with Crippen molar-refractivity contribution < 1.29 is 23.1 Å². The summed E-state index contributed by atoms with van der Waals surface area (Å²) in [5.41, 5.74) is -1.19. The SMILES string of the molecule is C[C@@H](Nc1nc(N2CC(C3CCCN(C4CC(C)(C(=O)O)C4)C3)C2)nc(C(F)(F)F)c1Cl)c1ccc(Cl)cc1Cl. The Bertz CT molecular complexity index is 1280. The number of anilines is 2. The molecule has 0 amide bonds. The minimum atomic E-state index is -4.76. The van der Waals surface area contributed by atoms with E-state index in [0.29, 0.717) is 53.4 Å². The molecule has 7 nitrogen and oxygen atoms in total. The monoisotopic (exact) mass is 619 g/mol. The Labute approximate surface area is 246 Å². The van der Waals surface area contributed by atoms with Crippen LogP contribution in [0.5, 0.6) is 0 Å². The van der Waals surface area contributed by atoms with E-state index in [4.69, 9.17) is 34.8 Å². The largest absolute Gasteiger partial charge is 0.481 e. The zero-order valence-corrected chi connectivity index (χ0v) is 24.4. The summed E-state index contributed by atoms with van der Waals surface area (Å²) in [6.07, 6.45) is -1.39. The van der Waals surface area contributed by atoms with Gasteiger partial charge < -0.3 is 20.2 Å². The van der Waals surface area contributed by atoms with Crippen molar-refractivity contribution in [3.8, 4) is 0 Å². The lowest BCUT2D eigenvalue weighted by atomic mass is 9.65. The number of hydrogen-bond donors (Lipinski definition) is 2. The number of hydrogen-bond acceptors (Lipinski definition) is 6. The van der Waals surface area contributed by atoms with Crippen LogP contribution < -0.4 is 10.2 Å². The minimum Gasteiger partial charge on any atom is -0.481 e. The van der Waals surface area contributed by atoms with E-state index < -0.39 is 34.3 Å². The molecule has 1 saturated carbocycles. The Morgan fingerprint density at radius 3 is 2.48 bits per heavy atom. The molecule has 2 saturated heterocycles. The first-order valence-electron chi connectivity index (χ1n) is 13.3. The van der Waals surface area contributed by atoms with Gasteiger partial charge in [0.1, 0.15) is 5.02 Å². The van der Waals surface area contributed by atoms with E-state index in [2.05, 4.69) is 20.2 Å². The number of carbonyl (C=O) groups is 1. The predicted octanol–water partition coefficient (Wildman–Crippen LogP) is 7.03. The maximum atomic E-state index is 13.9. The molecule has 3 aliphatic rings. The highest BCUT2D eigenvalue weighted by Gasteiger charge is 2.50. The van der Waals surface area contributed by atoms with Crippen molar-refractivity contribution in [2.75, 3.05) is 36.4 Å². The van der Waals surface area contributed by atoms with Crippen LogP contribution in [0.4, 0.5) is 24.9 Å². The lowest BCUT2D eigenvalue weighted by molar-refractivity contribution is -0.158. The summed E-state index contributed by atoms with van der Waals surface area (Å²) in [6, 6.07) is 4.68. The number of likely N-dealkylation sites (tertiary alicyclic amines) is 1. The maximum absolute atomic E-state index is 13.9.